The minimum absolute atomic E-state index is 0.0206. The molecule has 4 aromatic carbocycles. The number of alkyl halides is 1. The Morgan fingerprint density at radius 1 is 0.947 bits per heavy atom. The third-order valence-electron chi connectivity index (χ3n) is 9.43. The number of β-lactam (4-membered cyclic amide) rings is 1. The minimum Gasteiger partial charge on any atom is -0.497 e. The number of nitrogens with zero attached hydrogens (tertiary/aromatic N) is 3. The zero-order valence-corrected chi connectivity index (χ0v) is 33.1. The van der Waals surface area contributed by atoms with Crippen molar-refractivity contribution in [3.8, 4) is 5.75 Å². The van der Waals surface area contributed by atoms with E-state index in [9.17, 15) is 19.5 Å². The fraction of sp³-hybridized carbons (Fsp3) is 0.214. The number of carbonyl (C=O) groups excluding carboxylic acids is 3. The predicted molar refractivity (Wildman–Crippen MR) is 220 cm³/mol. The van der Waals surface area contributed by atoms with Crippen LogP contribution in [0.1, 0.15) is 27.9 Å². The number of benzene rings is 4. The van der Waals surface area contributed by atoms with Crippen LogP contribution in [0.15, 0.2) is 137 Å². The number of ether oxygens (including phenoxy) is 2. The summed E-state index contributed by atoms with van der Waals surface area (Å²) in [5, 5.41) is 21.5. The summed E-state index contributed by atoms with van der Waals surface area (Å²) in [6, 6.07) is 36.1. The molecule has 5 aromatic rings. The number of hydrogen-bond acceptors (Lipinski definition) is 12. The molecule has 2 aliphatic heterocycles. The van der Waals surface area contributed by atoms with E-state index in [1.807, 2.05) is 91.0 Å². The first kappa shape index (κ1) is 39.6. The first-order valence-electron chi connectivity index (χ1n) is 17.9. The molecule has 1 fully saturated rings. The molecule has 0 radical (unpaired) electrons. The highest BCUT2D eigenvalue weighted by Gasteiger charge is 2.54. The molecule has 0 bridgehead atoms. The summed E-state index contributed by atoms with van der Waals surface area (Å²) in [6.07, 6.45) is 0. The second-order valence-corrected chi connectivity index (χ2v) is 15.1. The summed E-state index contributed by atoms with van der Waals surface area (Å²) in [5.41, 5.74) is 3.37. The molecule has 7 rings (SSSR count). The number of thioether (sulfide) groups is 1. The number of aromatic nitrogens is 1. The van der Waals surface area contributed by atoms with Crippen LogP contribution in [0.4, 0.5) is 5.13 Å². The van der Waals surface area contributed by atoms with Gasteiger partial charge in [0.15, 0.2) is 10.8 Å². The number of oxime groups is 1. The fourth-order valence-electron chi connectivity index (χ4n) is 6.66. The second-order valence-electron chi connectivity index (χ2n) is 12.9. The molecule has 2 amide bonds. The van der Waals surface area contributed by atoms with Crippen LogP contribution in [0.5, 0.6) is 5.75 Å². The van der Waals surface area contributed by atoms with E-state index in [2.05, 4.69) is 15.8 Å². The minimum atomic E-state index is -0.995. The number of esters is 1. The highest BCUT2D eigenvalue weighted by molar-refractivity contribution is 8.00. The van der Waals surface area contributed by atoms with Crippen molar-refractivity contribution in [1.82, 2.24) is 15.2 Å². The Kier molecular flexibility index (Phi) is 12.5. The van der Waals surface area contributed by atoms with Crippen molar-refractivity contribution in [3.63, 3.8) is 0 Å². The van der Waals surface area contributed by atoms with E-state index in [1.165, 1.54) is 28.0 Å². The van der Waals surface area contributed by atoms with Gasteiger partial charge in [-0.25, -0.2) is 9.78 Å². The number of anilines is 1. The summed E-state index contributed by atoms with van der Waals surface area (Å²) < 4.78 is 10.8. The number of aliphatic hydroxyl groups excluding tert-OH is 1. The zero-order valence-electron chi connectivity index (χ0n) is 30.7. The van der Waals surface area contributed by atoms with Crippen molar-refractivity contribution in [3.05, 3.63) is 160 Å². The summed E-state index contributed by atoms with van der Waals surface area (Å²) >= 11 is 8.87. The monoisotopic (exact) mass is 823 g/mol. The van der Waals surface area contributed by atoms with E-state index in [0.29, 0.717) is 22.2 Å². The molecule has 0 saturated carbocycles. The van der Waals surface area contributed by atoms with Crippen molar-refractivity contribution < 1.29 is 33.8 Å². The first-order valence-corrected chi connectivity index (χ1v) is 20.4. The summed E-state index contributed by atoms with van der Waals surface area (Å²) in [7, 11) is 1.56. The molecule has 57 heavy (non-hydrogen) atoms. The van der Waals surface area contributed by atoms with Crippen LogP contribution in [0.25, 0.3) is 0 Å². The average molecular weight is 824 g/mol. The molecule has 0 aliphatic carbocycles. The maximum absolute atomic E-state index is 14.0. The van der Waals surface area contributed by atoms with Crippen molar-refractivity contribution in [2.75, 3.05) is 37.3 Å². The third-order valence-corrected chi connectivity index (χ3v) is 11.9. The molecule has 12 nitrogen and oxygen atoms in total. The number of methoxy groups -OCH3 is 1. The van der Waals surface area contributed by atoms with E-state index in [1.54, 1.807) is 36.8 Å². The molecule has 0 spiro atoms. The number of thiazole rings is 1. The smallest absolute Gasteiger partial charge is 0.355 e. The number of fused-ring (bicyclic) bond motifs is 1. The molecule has 292 valence electrons. The molecule has 1 saturated heterocycles. The SMILES string of the molecule is COc1ccc(COC(=O)C2=C(CCl)CS[C@@H]3[C@H](NC(=O)/C(=N\OCCO)c4csc(NC(c5ccccc5)(c5ccccc5)c5ccccc5)n4)C(=O)N23)cc1. The van der Waals surface area contributed by atoms with Gasteiger partial charge in [-0.3, -0.25) is 14.5 Å². The Balaban J connectivity index is 1.12. The maximum atomic E-state index is 14.0. The normalized spacial score (nSPS) is 16.6. The van der Waals surface area contributed by atoms with Gasteiger partial charge in [0, 0.05) is 17.0 Å². The number of hydrogen-bond donors (Lipinski definition) is 3. The summed E-state index contributed by atoms with van der Waals surface area (Å²) in [5.74, 6) is -0.879. The molecule has 2 atom stereocenters. The second kappa shape index (κ2) is 18.1. The lowest BCUT2D eigenvalue weighted by Crippen LogP contribution is -2.71. The Hall–Kier alpha value is -5.67. The van der Waals surface area contributed by atoms with Crippen molar-refractivity contribution in [2.24, 2.45) is 5.16 Å². The Morgan fingerprint density at radius 2 is 1.56 bits per heavy atom. The van der Waals surface area contributed by atoms with E-state index >= 15 is 0 Å². The lowest BCUT2D eigenvalue weighted by Gasteiger charge is -2.49. The van der Waals surface area contributed by atoms with Crippen LogP contribution >= 0.6 is 34.7 Å². The zero-order chi connectivity index (χ0) is 39.8. The van der Waals surface area contributed by atoms with E-state index in [-0.39, 0.29) is 42.8 Å². The van der Waals surface area contributed by atoms with Crippen molar-refractivity contribution >= 4 is 63.3 Å². The van der Waals surface area contributed by atoms with Crippen LogP contribution < -0.4 is 15.4 Å². The van der Waals surface area contributed by atoms with Gasteiger partial charge in [0.1, 0.15) is 47.3 Å². The van der Waals surface area contributed by atoms with E-state index < -0.39 is 34.7 Å². The fourth-order valence-corrected chi connectivity index (χ4v) is 9.09. The number of rotatable bonds is 16. The molecule has 15 heteroatoms. The third kappa shape index (κ3) is 8.26. The van der Waals surface area contributed by atoms with Gasteiger partial charge in [-0.2, -0.15) is 0 Å². The predicted octanol–water partition coefficient (Wildman–Crippen LogP) is 5.90. The molecule has 1 aromatic heterocycles. The van der Waals surface area contributed by atoms with Gasteiger partial charge in [-0.05, 0) is 40.0 Å². The Morgan fingerprint density at radius 3 is 2.12 bits per heavy atom. The van der Waals surface area contributed by atoms with Crippen molar-refractivity contribution in [1.29, 1.82) is 0 Å². The van der Waals surface area contributed by atoms with E-state index in [0.717, 1.165) is 22.3 Å². The quantitative estimate of drug-likeness (QED) is 0.0209. The van der Waals surface area contributed by atoms with Crippen LogP contribution in [-0.4, -0.2) is 81.9 Å². The van der Waals surface area contributed by atoms with Crippen molar-refractivity contribution in [2.45, 2.75) is 23.6 Å². The molecular weight excluding hydrogens is 786 g/mol. The van der Waals surface area contributed by atoms with Crippen LogP contribution in [0.2, 0.25) is 0 Å². The summed E-state index contributed by atoms with van der Waals surface area (Å²) in [6.45, 7) is -0.533. The maximum Gasteiger partial charge on any atom is 0.355 e. The lowest BCUT2D eigenvalue weighted by atomic mass is 9.77. The first-order chi connectivity index (χ1) is 27.9. The standard InChI is InChI=1S/C42H38ClN5O7S2/c1-53-32-19-17-27(18-20-32)24-54-40(52)36-28(23-43)25-56-39-35(38(51)48(36)39)45-37(50)34(47-55-22-21-49)33-26-57-41(44-33)46-42(29-11-5-2-6-12-29,30-13-7-3-8-14-30)31-15-9-4-10-16-31/h2-20,26,35,39,49H,21-25H2,1H3,(H,44,46)(H,45,50)/b47-34-/t35-,39-/m1/s1. The van der Waals surface area contributed by atoms with Crippen LogP contribution in [-0.2, 0) is 36.1 Å². The number of amides is 2. The number of nitrogens with one attached hydrogen (secondary N) is 2. The molecular formula is C42H38ClN5O7S2. The van der Waals surface area contributed by atoms with Crippen LogP contribution in [0.3, 0.4) is 0 Å². The van der Waals surface area contributed by atoms with Gasteiger partial charge in [0.05, 0.1) is 13.7 Å². The number of aliphatic hydroxyl groups is 1. The van der Waals surface area contributed by atoms with Crippen LogP contribution in [0, 0.1) is 0 Å². The molecule has 0 unspecified atom stereocenters. The van der Waals surface area contributed by atoms with Gasteiger partial charge in [-0.1, -0.05) is 108 Å². The number of carbonyl (C=O) groups is 3. The van der Waals surface area contributed by atoms with Gasteiger partial charge in [0.25, 0.3) is 11.8 Å². The topological polar surface area (TPSA) is 152 Å². The van der Waals surface area contributed by atoms with Gasteiger partial charge in [-0.15, -0.1) is 34.7 Å². The lowest BCUT2D eigenvalue weighted by molar-refractivity contribution is -0.153. The molecule has 3 N–H and O–H groups in total. The van der Waals surface area contributed by atoms with Gasteiger partial charge in [0.2, 0.25) is 0 Å². The van der Waals surface area contributed by atoms with Gasteiger partial charge < -0.3 is 30.1 Å². The van der Waals surface area contributed by atoms with Gasteiger partial charge >= 0.3 is 5.97 Å². The highest BCUT2D eigenvalue weighted by atomic mass is 35.5. The molecule has 2 aliphatic rings. The Labute approximate surface area is 342 Å². The highest BCUT2D eigenvalue weighted by Crippen LogP contribution is 2.42. The number of halogens is 1. The Bertz CT molecular complexity index is 2160. The van der Waals surface area contributed by atoms with E-state index in [4.69, 9.17) is 30.9 Å². The largest absolute Gasteiger partial charge is 0.497 e. The average Bonchev–Trinajstić information content (AvgIpc) is 3.73. The molecule has 3 heterocycles. The summed E-state index contributed by atoms with van der Waals surface area (Å²) in [4.78, 5) is 52.6.